The maximum absolute atomic E-state index is 12.3. The van der Waals surface area contributed by atoms with Gasteiger partial charge in [0.25, 0.3) is 0 Å². The van der Waals surface area contributed by atoms with Crippen LogP contribution in [-0.2, 0) is 28.6 Å². The zero-order valence-corrected chi connectivity index (χ0v) is 27.3. The minimum Gasteiger partial charge on any atom is -0.466 e. The number of hydrogen-bond acceptors (Lipinski definition) is 11. The molecule has 0 radical (unpaired) electrons. The van der Waals surface area contributed by atoms with Crippen LogP contribution in [0.3, 0.4) is 0 Å². The number of hydrogen-bond donors (Lipinski definition) is 2. The molecule has 0 fully saturated rings. The number of nitrogen functional groups attached to an aromatic ring is 2. The molecule has 0 amide bonds. The van der Waals surface area contributed by atoms with Crippen LogP contribution in [0.25, 0.3) is 0 Å². The summed E-state index contributed by atoms with van der Waals surface area (Å²) in [4.78, 5) is 40.8. The molecule has 0 aromatic heterocycles. The predicted molar refractivity (Wildman–Crippen MR) is 175 cm³/mol. The monoisotopic (exact) mass is 633 g/mol. The van der Waals surface area contributed by atoms with Gasteiger partial charge in [-0.3, -0.25) is 19.3 Å². The van der Waals surface area contributed by atoms with Crippen LogP contribution in [0.1, 0.15) is 52.9 Å². The molecule has 11 heteroatoms. The Balaban J connectivity index is 1.71. The summed E-state index contributed by atoms with van der Waals surface area (Å²) in [7, 11) is 0. The first-order valence-electron chi connectivity index (χ1n) is 14.7. The quantitative estimate of drug-likeness (QED) is 0.0615. The number of rotatable bonds is 20. The molecule has 238 valence electrons. The van der Waals surface area contributed by atoms with Crippen LogP contribution < -0.4 is 11.5 Å². The first-order valence-corrected chi connectivity index (χ1v) is 16.6. The van der Waals surface area contributed by atoms with Gasteiger partial charge < -0.3 is 25.7 Å². The summed E-state index contributed by atoms with van der Waals surface area (Å²) in [5.41, 5.74) is 13.0. The van der Waals surface area contributed by atoms with Crippen molar-refractivity contribution in [3.05, 3.63) is 48.5 Å². The summed E-state index contributed by atoms with van der Waals surface area (Å²) in [6.45, 7) is 8.46. The fourth-order valence-corrected chi connectivity index (χ4v) is 5.47. The normalized spacial score (nSPS) is 11.3. The van der Waals surface area contributed by atoms with Crippen LogP contribution in [0.2, 0.25) is 0 Å². The largest absolute Gasteiger partial charge is 0.466 e. The lowest BCUT2D eigenvalue weighted by molar-refractivity contribution is -0.147. The molecule has 43 heavy (non-hydrogen) atoms. The number of nitrogens with two attached hydrogens (primary N) is 2. The van der Waals surface area contributed by atoms with Gasteiger partial charge in [0.1, 0.15) is 13.2 Å². The van der Waals surface area contributed by atoms with Gasteiger partial charge in [-0.25, -0.2) is 0 Å². The molecule has 0 aliphatic carbocycles. The Morgan fingerprint density at radius 3 is 1.51 bits per heavy atom. The van der Waals surface area contributed by atoms with Gasteiger partial charge in [0.15, 0.2) is 0 Å². The minimum absolute atomic E-state index is 0.179. The highest BCUT2D eigenvalue weighted by atomic mass is 32.2. The van der Waals surface area contributed by atoms with E-state index in [0.717, 1.165) is 22.6 Å². The van der Waals surface area contributed by atoms with E-state index in [1.54, 1.807) is 23.5 Å². The summed E-state index contributed by atoms with van der Waals surface area (Å²) < 4.78 is 16.3. The maximum Gasteiger partial charge on any atom is 0.307 e. The van der Waals surface area contributed by atoms with Crippen LogP contribution in [0, 0.1) is 5.41 Å². The van der Waals surface area contributed by atoms with Gasteiger partial charge in [-0.1, -0.05) is 20.8 Å². The molecule has 2 aromatic rings. The topological polar surface area (TPSA) is 134 Å². The maximum atomic E-state index is 12.3. The van der Waals surface area contributed by atoms with E-state index in [9.17, 15) is 14.4 Å². The number of carbonyl (C=O) groups is 3. The molecule has 0 bridgehead atoms. The van der Waals surface area contributed by atoms with E-state index >= 15 is 0 Å². The molecule has 2 rings (SSSR count). The van der Waals surface area contributed by atoms with Crippen molar-refractivity contribution < 1.29 is 28.6 Å². The second kappa shape index (κ2) is 20.1. The smallest absolute Gasteiger partial charge is 0.307 e. The summed E-state index contributed by atoms with van der Waals surface area (Å²) in [6.07, 6.45) is 2.55. The first kappa shape index (κ1) is 36.3. The van der Waals surface area contributed by atoms with E-state index in [4.69, 9.17) is 25.7 Å². The molecule has 4 N–H and O–H groups in total. The van der Waals surface area contributed by atoms with Crippen molar-refractivity contribution >= 4 is 52.8 Å². The van der Waals surface area contributed by atoms with Crippen LogP contribution in [0.4, 0.5) is 11.4 Å². The van der Waals surface area contributed by atoms with Crippen LogP contribution in [0.5, 0.6) is 0 Å². The average molecular weight is 634 g/mol. The van der Waals surface area contributed by atoms with Crippen molar-refractivity contribution in [2.75, 3.05) is 62.4 Å². The number of benzene rings is 2. The van der Waals surface area contributed by atoms with Crippen molar-refractivity contribution in [2.24, 2.45) is 5.41 Å². The van der Waals surface area contributed by atoms with Crippen LogP contribution in [0.15, 0.2) is 58.3 Å². The third-order valence-electron chi connectivity index (χ3n) is 6.22. The molecular formula is C32H47N3O6S2. The highest BCUT2D eigenvalue weighted by Gasteiger charge is 2.14. The Morgan fingerprint density at radius 2 is 1.07 bits per heavy atom. The lowest BCUT2D eigenvalue weighted by Crippen LogP contribution is -2.34. The van der Waals surface area contributed by atoms with E-state index < -0.39 is 0 Å². The standard InChI is InChI=1S/C32H47N3O6S2/c1-32(2,3)16-4-20-39-29(36)13-17-35(18-21-40-30(37)14-23-42-27-9-5-25(33)6-10-27)19-22-41-31(38)15-24-43-28-11-7-26(34)8-12-28/h5-12H,4,13-24,33-34H2,1-3H3. The third-order valence-corrected chi connectivity index (χ3v) is 8.24. The SMILES string of the molecule is CC(C)(C)CCCOC(=O)CCN(CCOC(=O)CCSc1ccc(N)cc1)CCOC(=O)CCSc1ccc(N)cc1. The molecule has 2 aromatic carbocycles. The molecule has 0 spiro atoms. The van der Waals surface area contributed by atoms with E-state index in [0.29, 0.717) is 49.1 Å². The molecule has 9 nitrogen and oxygen atoms in total. The second-order valence-corrected chi connectivity index (χ2v) is 13.6. The van der Waals surface area contributed by atoms with E-state index in [2.05, 4.69) is 20.8 Å². The Hall–Kier alpha value is -2.89. The van der Waals surface area contributed by atoms with Crippen molar-refractivity contribution in [2.45, 2.75) is 62.7 Å². The fourth-order valence-electron chi connectivity index (χ4n) is 3.80. The fraction of sp³-hybridized carbons (Fsp3) is 0.531. The van der Waals surface area contributed by atoms with Gasteiger partial charge in [0.2, 0.25) is 0 Å². The number of carbonyl (C=O) groups excluding carboxylic acids is 3. The summed E-state index contributed by atoms with van der Waals surface area (Å²) >= 11 is 3.13. The average Bonchev–Trinajstić information content (AvgIpc) is 2.95. The van der Waals surface area contributed by atoms with Gasteiger partial charge in [-0.05, 0) is 66.8 Å². The van der Waals surface area contributed by atoms with Gasteiger partial charge in [0, 0.05) is 52.3 Å². The number of anilines is 2. The van der Waals surface area contributed by atoms with E-state index in [1.807, 2.05) is 53.4 Å². The number of ether oxygens (including phenoxy) is 3. The lowest BCUT2D eigenvalue weighted by Gasteiger charge is -2.22. The summed E-state index contributed by atoms with van der Waals surface area (Å²) in [5.74, 6) is 0.352. The Labute approximate surface area is 264 Å². The third kappa shape index (κ3) is 18.4. The zero-order valence-electron chi connectivity index (χ0n) is 25.7. The van der Waals surface area contributed by atoms with Gasteiger partial charge in [0.05, 0.1) is 25.9 Å². The number of thioether (sulfide) groups is 2. The molecular weight excluding hydrogens is 587 g/mol. The first-order chi connectivity index (χ1) is 20.5. The number of esters is 3. The predicted octanol–water partition coefficient (Wildman–Crippen LogP) is 5.66. The Kier molecular flexibility index (Phi) is 17.0. The highest BCUT2D eigenvalue weighted by Crippen LogP contribution is 2.22. The Morgan fingerprint density at radius 1 is 0.651 bits per heavy atom. The van der Waals surface area contributed by atoms with Crippen LogP contribution >= 0.6 is 23.5 Å². The highest BCUT2D eigenvalue weighted by molar-refractivity contribution is 7.99. The lowest BCUT2D eigenvalue weighted by atomic mass is 9.91. The van der Waals surface area contributed by atoms with Crippen molar-refractivity contribution in [1.29, 1.82) is 0 Å². The summed E-state index contributed by atoms with van der Waals surface area (Å²) in [5, 5.41) is 0. The van der Waals surface area contributed by atoms with Gasteiger partial charge in [-0.15, -0.1) is 23.5 Å². The minimum atomic E-state index is -0.286. The zero-order chi connectivity index (χ0) is 31.5. The van der Waals surface area contributed by atoms with Crippen LogP contribution in [-0.4, -0.2) is 73.8 Å². The van der Waals surface area contributed by atoms with E-state index in [-0.39, 0.29) is 55.8 Å². The van der Waals surface area contributed by atoms with Gasteiger partial charge >= 0.3 is 17.9 Å². The Bertz CT molecular complexity index is 1040. The van der Waals surface area contributed by atoms with Crippen molar-refractivity contribution in [3.63, 3.8) is 0 Å². The molecule has 0 aliphatic rings. The molecule has 0 unspecified atom stereocenters. The molecule has 0 saturated carbocycles. The van der Waals surface area contributed by atoms with Crippen molar-refractivity contribution in [1.82, 2.24) is 4.90 Å². The number of nitrogens with zero attached hydrogens (tertiary/aromatic N) is 1. The van der Waals surface area contributed by atoms with Gasteiger partial charge in [-0.2, -0.15) is 0 Å². The molecule has 0 saturated heterocycles. The van der Waals surface area contributed by atoms with Crippen molar-refractivity contribution in [3.8, 4) is 0 Å². The summed E-state index contributed by atoms with van der Waals surface area (Å²) in [6, 6.07) is 15.0. The molecule has 0 atom stereocenters. The second-order valence-electron chi connectivity index (χ2n) is 11.3. The van der Waals surface area contributed by atoms with E-state index in [1.165, 1.54) is 0 Å². The molecule has 0 aliphatic heterocycles. The molecule has 0 heterocycles.